The Morgan fingerprint density at radius 2 is 2.14 bits per heavy atom. The van der Waals surface area contributed by atoms with Crippen molar-refractivity contribution < 1.29 is 13.2 Å². The number of benzene rings is 1. The number of hydrogen-bond donors (Lipinski definition) is 2. The number of amides is 1. The third-order valence-electron chi connectivity index (χ3n) is 2.73. The Hall–Kier alpha value is -1.77. The van der Waals surface area contributed by atoms with Gasteiger partial charge in [-0.25, -0.2) is 18.1 Å². The molecule has 2 aromatic rings. The minimum atomic E-state index is -3.27. The summed E-state index contributed by atoms with van der Waals surface area (Å²) in [6, 6.07) is 7.40. The van der Waals surface area contributed by atoms with Crippen LogP contribution in [0.2, 0.25) is 0 Å². The van der Waals surface area contributed by atoms with Crippen LogP contribution in [0.4, 0.5) is 5.69 Å². The van der Waals surface area contributed by atoms with Crippen molar-refractivity contribution in [2.75, 3.05) is 18.1 Å². The van der Waals surface area contributed by atoms with Crippen LogP contribution < -0.4 is 10.0 Å². The lowest BCUT2D eigenvalue weighted by molar-refractivity contribution is -0.116. The van der Waals surface area contributed by atoms with Crippen LogP contribution in [0, 0.1) is 6.92 Å². The summed E-state index contributed by atoms with van der Waals surface area (Å²) in [7, 11) is -3.27. The normalized spacial score (nSPS) is 11.4. The second kappa shape index (κ2) is 6.99. The maximum absolute atomic E-state index is 11.8. The van der Waals surface area contributed by atoms with E-state index in [1.807, 2.05) is 30.5 Å². The lowest BCUT2D eigenvalue weighted by atomic mass is 10.2. The van der Waals surface area contributed by atoms with E-state index in [9.17, 15) is 13.2 Å². The number of nitrogens with one attached hydrogen (secondary N) is 2. The molecule has 1 amide bonds. The van der Waals surface area contributed by atoms with Gasteiger partial charge in [-0.2, -0.15) is 0 Å². The molecular weight excluding hydrogens is 322 g/mol. The molecule has 0 saturated carbocycles. The molecular formula is C14H17N3O3S2. The fraction of sp³-hybridized carbons (Fsp3) is 0.286. The maximum Gasteiger partial charge on any atom is 0.225 e. The van der Waals surface area contributed by atoms with Gasteiger partial charge in [-0.1, -0.05) is 12.1 Å². The van der Waals surface area contributed by atoms with Crippen LogP contribution in [0.15, 0.2) is 29.6 Å². The van der Waals surface area contributed by atoms with Crippen molar-refractivity contribution in [3.05, 3.63) is 35.3 Å². The maximum atomic E-state index is 11.8. The summed E-state index contributed by atoms with van der Waals surface area (Å²) in [5, 5.41) is 5.61. The zero-order valence-electron chi connectivity index (χ0n) is 12.3. The molecule has 2 rings (SSSR count). The predicted molar refractivity (Wildman–Crippen MR) is 88.4 cm³/mol. The summed E-state index contributed by atoms with van der Waals surface area (Å²) >= 11 is 1.55. The standard InChI is InChI=1S/C14H17N3O3S2/c1-10-9-21-14(16-10)11-4-3-5-12(8-11)17-13(18)6-7-15-22(2,19)20/h3-5,8-9,15H,6-7H2,1-2H3,(H,17,18). The Labute approximate surface area is 133 Å². The van der Waals surface area contributed by atoms with E-state index in [0.29, 0.717) is 5.69 Å². The largest absolute Gasteiger partial charge is 0.326 e. The Bertz CT molecular complexity index is 769. The van der Waals surface area contributed by atoms with Gasteiger partial charge in [-0.3, -0.25) is 4.79 Å². The van der Waals surface area contributed by atoms with Gasteiger partial charge in [-0.05, 0) is 19.1 Å². The minimum absolute atomic E-state index is 0.0770. The first-order valence-corrected chi connectivity index (χ1v) is 9.38. The average molecular weight is 339 g/mol. The first-order valence-electron chi connectivity index (χ1n) is 6.60. The van der Waals surface area contributed by atoms with Crippen molar-refractivity contribution in [2.24, 2.45) is 0 Å². The minimum Gasteiger partial charge on any atom is -0.326 e. The molecule has 0 aliphatic heterocycles. The van der Waals surface area contributed by atoms with Crippen molar-refractivity contribution in [1.82, 2.24) is 9.71 Å². The first kappa shape index (κ1) is 16.6. The zero-order valence-corrected chi connectivity index (χ0v) is 13.9. The highest BCUT2D eigenvalue weighted by Crippen LogP contribution is 2.25. The molecule has 0 atom stereocenters. The molecule has 6 nitrogen and oxygen atoms in total. The third-order valence-corrected chi connectivity index (χ3v) is 4.47. The Morgan fingerprint density at radius 1 is 1.36 bits per heavy atom. The molecule has 1 aromatic carbocycles. The molecule has 22 heavy (non-hydrogen) atoms. The van der Waals surface area contributed by atoms with Crippen molar-refractivity contribution in [3.8, 4) is 10.6 Å². The Morgan fingerprint density at radius 3 is 2.77 bits per heavy atom. The zero-order chi connectivity index (χ0) is 16.2. The molecule has 8 heteroatoms. The Balaban J connectivity index is 1.97. The molecule has 2 N–H and O–H groups in total. The van der Waals surface area contributed by atoms with Gasteiger partial charge in [0, 0.05) is 35.3 Å². The van der Waals surface area contributed by atoms with Gasteiger partial charge in [0.15, 0.2) is 0 Å². The second-order valence-electron chi connectivity index (χ2n) is 4.84. The van der Waals surface area contributed by atoms with Crippen LogP contribution >= 0.6 is 11.3 Å². The molecule has 0 saturated heterocycles. The molecule has 1 heterocycles. The lowest BCUT2D eigenvalue weighted by Crippen LogP contribution is -2.26. The number of thiazole rings is 1. The summed E-state index contributed by atoms with van der Waals surface area (Å²) in [6.07, 6.45) is 1.14. The monoisotopic (exact) mass is 339 g/mol. The number of hydrogen-bond acceptors (Lipinski definition) is 5. The molecule has 0 radical (unpaired) electrons. The number of anilines is 1. The van der Waals surface area contributed by atoms with Crippen molar-refractivity contribution in [1.29, 1.82) is 0 Å². The number of sulfonamides is 1. The van der Waals surface area contributed by atoms with Gasteiger partial charge in [-0.15, -0.1) is 11.3 Å². The first-order chi connectivity index (χ1) is 10.3. The quantitative estimate of drug-likeness (QED) is 0.842. The highest BCUT2D eigenvalue weighted by Gasteiger charge is 2.07. The summed E-state index contributed by atoms with van der Waals surface area (Å²) < 4.78 is 24.1. The molecule has 0 aliphatic rings. The second-order valence-corrected chi connectivity index (χ2v) is 7.53. The molecule has 0 unspecified atom stereocenters. The van der Waals surface area contributed by atoms with Crippen LogP contribution in [0.3, 0.4) is 0 Å². The summed E-state index contributed by atoms with van der Waals surface area (Å²) in [5.74, 6) is -0.247. The highest BCUT2D eigenvalue weighted by atomic mass is 32.2. The number of carbonyl (C=O) groups is 1. The number of rotatable bonds is 6. The number of aromatic nitrogens is 1. The number of aryl methyl sites for hydroxylation is 1. The van der Waals surface area contributed by atoms with E-state index in [-0.39, 0.29) is 18.9 Å². The SMILES string of the molecule is Cc1csc(-c2cccc(NC(=O)CCNS(C)(=O)=O)c2)n1. The topological polar surface area (TPSA) is 88.2 Å². The van der Waals surface area contributed by atoms with Crippen LogP contribution in [-0.2, 0) is 14.8 Å². The molecule has 0 aliphatic carbocycles. The summed E-state index contributed by atoms with van der Waals surface area (Å²) in [6.45, 7) is 2.01. The van der Waals surface area contributed by atoms with E-state index < -0.39 is 10.0 Å². The number of nitrogens with zero attached hydrogens (tertiary/aromatic N) is 1. The summed E-state index contributed by atoms with van der Waals surface area (Å²) in [5.41, 5.74) is 2.56. The Kier molecular flexibility index (Phi) is 5.28. The molecule has 0 spiro atoms. The van der Waals surface area contributed by atoms with Crippen LogP contribution in [0.25, 0.3) is 10.6 Å². The third kappa shape index (κ3) is 5.21. The van der Waals surface area contributed by atoms with Gasteiger partial charge in [0.05, 0.1) is 6.26 Å². The van der Waals surface area contributed by atoms with Gasteiger partial charge in [0.25, 0.3) is 0 Å². The molecule has 118 valence electrons. The average Bonchev–Trinajstić information content (AvgIpc) is 2.84. The van der Waals surface area contributed by atoms with Crippen LogP contribution in [-0.4, -0.2) is 32.1 Å². The fourth-order valence-electron chi connectivity index (χ4n) is 1.79. The predicted octanol–water partition coefficient (Wildman–Crippen LogP) is 2.00. The smallest absolute Gasteiger partial charge is 0.225 e. The van der Waals surface area contributed by atoms with Crippen molar-refractivity contribution in [3.63, 3.8) is 0 Å². The molecule has 1 aromatic heterocycles. The van der Waals surface area contributed by atoms with Crippen molar-refractivity contribution >= 4 is 33.0 Å². The molecule has 0 fully saturated rings. The van der Waals surface area contributed by atoms with Crippen LogP contribution in [0.5, 0.6) is 0 Å². The van der Waals surface area contributed by atoms with E-state index in [0.717, 1.165) is 22.5 Å². The highest BCUT2D eigenvalue weighted by molar-refractivity contribution is 7.88. The van der Waals surface area contributed by atoms with Gasteiger partial charge < -0.3 is 5.32 Å². The fourth-order valence-corrected chi connectivity index (χ4v) is 3.06. The number of carbonyl (C=O) groups excluding carboxylic acids is 1. The van der Waals surface area contributed by atoms with E-state index in [2.05, 4.69) is 15.0 Å². The van der Waals surface area contributed by atoms with E-state index >= 15 is 0 Å². The van der Waals surface area contributed by atoms with E-state index in [4.69, 9.17) is 0 Å². The van der Waals surface area contributed by atoms with Gasteiger partial charge in [0.2, 0.25) is 15.9 Å². The molecule has 0 bridgehead atoms. The van der Waals surface area contributed by atoms with Crippen molar-refractivity contribution in [2.45, 2.75) is 13.3 Å². The summed E-state index contributed by atoms with van der Waals surface area (Å²) in [4.78, 5) is 16.2. The lowest BCUT2D eigenvalue weighted by Gasteiger charge is -2.07. The van der Waals surface area contributed by atoms with Crippen LogP contribution in [0.1, 0.15) is 12.1 Å². The van der Waals surface area contributed by atoms with Gasteiger partial charge in [0.1, 0.15) is 5.01 Å². The van der Waals surface area contributed by atoms with E-state index in [1.165, 1.54) is 0 Å². The van der Waals surface area contributed by atoms with Gasteiger partial charge >= 0.3 is 0 Å². The van der Waals surface area contributed by atoms with E-state index in [1.54, 1.807) is 17.4 Å².